The van der Waals surface area contributed by atoms with E-state index in [2.05, 4.69) is 18.0 Å². The number of hydrogen-bond donors (Lipinski definition) is 1. The van der Waals surface area contributed by atoms with Gasteiger partial charge in [0.25, 0.3) is 0 Å². The number of pyridine rings is 1. The van der Waals surface area contributed by atoms with Gasteiger partial charge in [-0.15, -0.1) is 0 Å². The maximum absolute atomic E-state index is 8.74. The molecule has 3 heteroatoms. The summed E-state index contributed by atoms with van der Waals surface area (Å²) in [6.45, 7) is 2.05. The molecule has 0 amide bonds. The summed E-state index contributed by atoms with van der Waals surface area (Å²) in [7, 11) is 0. The van der Waals surface area contributed by atoms with Crippen LogP contribution in [-0.4, -0.2) is 4.98 Å². The molecule has 90 valence electrons. The fourth-order valence-electron chi connectivity index (χ4n) is 1.75. The summed E-state index contributed by atoms with van der Waals surface area (Å²) in [5.41, 5.74) is 9.55. The third-order valence-electron chi connectivity index (χ3n) is 2.96. The van der Waals surface area contributed by atoms with Crippen molar-refractivity contribution in [1.29, 1.82) is 5.26 Å². The predicted octanol–water partition coefficient (Wildman–Crippen LogP) is 3.03. The number of aromatic nitrogens is 1. The molecular weight excluding hydrogens is 222 g/mol. The first-order valence-corrected chi connectivity index (χ1v) is 5.96. The first-order valence-electron chi connectivity index (χ1n) is 5.96. The molecule has 3 nitrogen and oxygen atoms in total. The number of nitrogens with zero attached hydrogens (tertiary/aromatic N) is 2. The first kappa shape index (κ1) is 12.3. The molecule has 2 rings (SSSR count). The Morgan fingerprint density at radius 3 is 2.44 bits per heavy atom. The lowest BCUT2D eigenvalue weighted by Crippen LogP contribution is -2.08. The lowest BCUT2D eigenvalue weighted by atomic mass is 10.1. The summed E-state index contributed by atoms with van der Waals surface area (Å²) < 4.78 is 0. The van der Waals surface area contributed by atoms with E-state index in [-0.39, 0.29) is 6.04 Å². The van der Waals surface area contributed by atoms with E-state index in [0.29, 0.717) is 5.56 Å². The van der Waals surface area contributed by atoms with Crippen molar-refractivity contribution >= 4 is 0 Å². The van der Waals surface area contributed by atoms with Crippen LogP contribution >= 0.6 is 0 Å². The zero-order chi connectivity index (χ0) is 13.0. The number of nitrogens with two attached hydrogens (primary N) is 1. The summed E-state index contributed by atoms with van der Waals surface area (Å²) >= 11 is 0. The molecule has 0 fully saturated rings. The second-order valence-electron chi connectivity index (χ2n) is 4.18. The van der Waals surface area contributed by atoms with Crippen LogP contribution in [0.4, 0.5) is 0 Å². The van der Waals surface area contributed by atoms with Crippen LogP contribution in [0, 0.1) is 11.3 Å². The van der Waals surface area contributed by atoms with Crippen molar-refractivity contribution in [3.05, 3.63) is 53.7 Å². The highest BCUT2D eigenvalue weighted by Crippen LogP contribution is 2.20. The highest BCUT2D eigenvalue weighted by atomic mass is 14.7. The van der Waals surface area contributed by atoms with E-state index < -0.39 is 0 Å². The minimum Gasteiger partial charge on any atom is -0.324 e. The maximum atomic E-state index is 8.74. The molecule has 18 heavy (non-hydrogen) atoms. The van der Waals surface area contributed by atoms with E-state index in [9.17, 15) is 0 Å². The summed E-state index contributed by atoms with van der Waals surface area (Å²) in [5, 5.41) is 8.74. The van der Waals surface area contributed by atoms with Gasteiger partial charge in [-0.3, -0.25) is 4.98 Å². The summed E-state index contributed by atoms with van der Waals surface area (Å²) in [6.07, 6.45) is 2.72. The van der Waals surface area contributed by atoms with Crippen LogP contribution in [-0.2, 0) is 0 Å². The van der Waals surface area contributed by atoms with Gasteiger partial charge in [-0.25, -0.2) is 0 Å². The van der Waals surface area contributed by atoms with E-state index in [0.717, 1.165) is 23.2 Å². The lowest BCUT2D eigenvalue weighted by molar-refractivity contribution is 0.695. The van der Waals surface area contributed by atoms with Crippen molar-refractivity contribution in [2.45, 2.75) is 19.4 Å². The van der Waals surface area contributed by atoms with Gasteiger partial charge in [-0.05, 0) is 30.2 Å². The number of benzene rings is 1. The van der Waals surface area contributed by atoms with Crippen molar-refractivity contribution in [2.75, 3.05) is 0 Å². The molecule has 2 N–H and O–H groups in total. The van der Waals surface area contributed by atoms with Crippen LogP contribution in [0.2, 0.25) is 0 Å². The summed E-state index contributed by atoms with van der Waals surface area (Å²) in [4.78, 5) is 4.41. The van der Waals surface area contributed by atoms with Crippen LogP contribution in [0.15, 0.2) is 42.6 Å². The standard InChI is InChI=1S/C15H15N3/c1-2-14(17)13-7-8-15(18-10-13)12-5-3-11(9-16)4-6-12/h3-8,10,14H,2,17H2,1H3. The Labute approximate surface area is 107 Å². The van der Waals surface area contributed by atoms with E-state index >= 15 is 0 Å². The molecular formula is C15H15N3. The molecule has 0 aliphatic carbocycles. The van der Waals surface area contributed by atoms with Crippen molar-refractivity contribution in [2.24, 2.45) is 5.73 Å². The molecule has 0 saturated heterocycles. The van der Waals surface area contributed by atoms with E-state index in [1.165, 1.54) is 0 Å². The van der Waals surface area contributed by atoms with Crippen LogP contribution in [0.1, 0.15) is 30.5 Å². The monoisotopic (exact) mass is 237 g/mol. The molecule has 1 aromatic heterocycles. The quantitative estimate of drug-likeness (QED) is 0.892. The van der Waals surface area contributed by atoms with Gasteiger partial charge in [0.2, 0.25) is 0 Å². The molecule has 0 saturated carbocycles. The van der Waals surface area contributed by atoms with Crippen molar-refractivity contribution in [1.82, 2.24) is 4.98 Å². The fourth-order valence-corrected chi connectivity index (χ4v) is 1.75. The second kappa shape index (κ2) is 5.44. The average Bonchev–Trinajstić information content (AvgIpc) is 2.47. The van der Waals surface area contributed by atoms with Gasteiger partial charge < -0.3 is 5.73 Å². The molecule has 0 aliphatic heterocycles. The van der Waals surface area contributed by atoms with Gasteiger partial charge in [0.15, 0.2) is 0 Å². The van der Waals surface area contributed by atoms with E-state index in [1.54, 1.807) is 12.1 Å². The largest absolute Gasteiger partial charge is 0.324 e. The third kappa shape index (κ3) is 2.55. The van der Waals surface area contributed by atoms with Crippen molar-refractivity contribution in [3.63, 3.8) is 0 Å². The lowest BCUT2D eigenvalue weighted by Gasteiger charge is -2.09. The molecule has 1 aromatic carbocycles. The highest BCUT2D eigenvalue weighted by Gasteiger charge is 2.04. The topological polar surface area (TPSA) is 62.7 Å². The Kier molecular flexibility index (Phi) is 3.71. The molecule has 1 atom stereocenters. The zero-order valence-electron chi connectivity index (χ0n) is 10.3. The normalized spacial score (nSPS) is 11.8. The third-order valence-corrected chi connectivity index (χ3v) is 2.96. The van der Waals surface area contributed by atoms with Gasteiger partial charge in [0.05, 0.1) is 17.3 Å². The minimum atomic E-state index is 0.0486. The molecule has 2 aromatic rings. The second-order valence-corrected chi connectivity index (χ2v) is 4.18. The Balaban J connectivity index is 2.26. The first-order chi connectivity index (χ1) is 8.74. The molecule has 1 unspecified atom stereocenters. The van der Waals surface area contributed by atoms with Crippen LogP contribution < -0.4 is 5.73 Å². The van der Waals surface area contributed by atoms with Gasteiger partial charge in [-0.2, -0.15) is 5.26 Å². The van der Waals surface area contributed by atoms with Gasteiger partial charge in [0, 0.05) is 17.8 Å². The number of nitriles is 1. The Morgan fingerprint density at radius 1 is 1.22 bits per heavy atom. The highest BCUT2D eigenvalue weighted by molar-refractivity contribution is 5.60. The number of rotatable bonds is 3. The summed E-state index contributed by atoms with van der Waals surface area (Å²) in [6, 6.07) is 13.5. The molecule has 0 spiro atoms. The Morgan fingerprint density at radius 2 is 1.94 bits per heavy atom. The van der Waals surface area contributed by atoms with Crippen LogP contribution in [0.5, 0.6) is 0 Å². The zero-order valence-corrected chi connectivity index (χ0v) is 10.3. The molecule has 0 aliphatic rings. The molecule has 0 bridgehead atoms. The van der Waals surface area contributed by atoms with Crippen LogP contribution in [0.25, 0.3) is 11.3 Å². The summed E-state index contributed by atoms with van der Waals surface area (Å²) in [5.74, 6) is 0. The van der Waals surface area contributed by atoms with E-state index in [4.69, 9.17) is 11.0 Å². The maximum Gasteiger partial charge on any atom is 0.0991 e. The SMILES string of the molecule is CCC(N)c1ccc(-c2ccc(C#N)cc2)nc1. The van der Waals surface area contributed by atoms with Gasteiger partial charge in [-0.1, -0.05) is 25.1 Å². The molecule has 0 radical (unpaired) electrons. The van der Waals surface area contributed by atoms with Crippen molar-refractivity contribution in [3.8, 4) is 17.3 Å². The van der Waals surface area contributed by atoms with Crippen LogP contribution in [0.3, 0.4) is 0 Å². The smallest absolute Gasteiger partial charge is 0.0991 e. The minimum absolute atomic E-state index is 0.0486. The Hall–Kier alpha value is -2.18. The number of hydrogen-bond acceptors (Lipinski definition) is 3. The van der Waals surface area contributed by atoms with Crippen molar-refractivity contribution < 1.29 is 0 Å². The predicted molar refractivity (Wildman–Crippen MR) is 71.6 cm³/mol. The van der Waals surface area contributed by atoms with E-state index in [1.807, 2.05) is 30.5 Å². The fraction of sp³-hybridized carbons (Fsp3) is 0.200. The molecule has 1 heterocycles. The van der Waals surface area contributed by atoms with Gasteiger partial charge >= 0.3 is 0 Å². The van der Waals surface area contributed by atoms with Gasteiger partial charge in [0.1, 0.15) is 0 Å². The Bertz CT molecular complexity index is 550. The average molecular weight is 237 g/mol.